The average Bonchev–Trinajstić information content (AvgIpc) is 2.96. The van der Waals surface area contributed by atoms with Gasteiger partial charge in [0.1, 0.15) is 0 Å². The van der Waals surface area contributed by atoms with E-state index in [0.29, 0.717) is 17.3 Å². The largest absolute Gasteiger partial charge is 0.382 e. The van der Waals surface area contributed by atoms with Crippen molar-refractivity contribution in [1.82, 2.24) is 20.1 Å². The summed E-state index contributed by atoms with van der Waals surface area (Å²) in [6.07, 6.45) is 3.05. The van der Waals surface area contributed by atoms with Crippen molar-refractivity contribution in [2.75, 3.05) is 5.73 Å². The average molecular weight is 364 g/mol. The van der Waals surface area contributed by atoms with Crippen LogP contribution in [0, 0.1) is 0 Å². The van der Waals surface area contributed by atoms with Crippen LogP contribution in [-0.2, 0) is 5.75 Å². The Morgan fingerprint density at radius 1 is 1.19 bits per heavy atom. The molecule has 3 aromatic rings. The number of nitrogen functional groups attached to an aromatic ring is 1. The summed E-state index contributed by atoms with van der Waals surface area (Å²) in [7, 11) is 0. The van der Waals surface area contributed by atoms with Crippen molar-refractivity contribution in [3.05, 3.63) is 47.0 Å². The molecule has 0 fully saturated rings. The molecular formula is C13H10BrN5OS. The summed E-state index contributed by atoms with van der Waals surface area (Å²) >= 11 is 5.12. The molecule has 0 amide bonds. The Bertz CT molecular complexity index is 764. The fourth-order valence-electron chi connectivity index (χ4n) is 1.63. The van der Waals surface area contributed by atoms with Crippen molar-refractivity contribution in [3.63, 3.8) is 0 Å². The van der Waals surface area contributed by atoms with Gasteiger partial charge in [0.2, 0.25) is 0 Å². The van der Waals surface area contributed by atoms with E-state index in [-0.39, 0.29) is 11.7 Å². The number of benzene rings is 1. The summed E-state index contributed by atoms with van der Waals surface area (Å²) in [5.74, 6) is 1.72. The molecule has 0 aliphatic rings. The highest BCUT2D eigenvalue weighted by Crippen LogP contribution is 2.29. The number of thioether (sulfide) groups is 1. The number of nitrogens with zero attached hydrogens (tertiary/aromatic N) is 4. The van der Waals surface area contributed by atoms with Crippen molar-refractivity contribution < 1.29 is 4.52 Å². The SMILES string of the molecule is Nc1nccnc1-c1nc(CSc2ccccc2Br)no1. The van der Waals surface area contributed by atoms with Gasteiger partial charge in [-0.15, -0.1) is 11.8 Å². The maximum atomic E-state index is 5.73. The summed E-state index contributed by atoms with van der Waals surface area (Å²) in [6, 6.07) is 7.97. The summed E-state index contributed by atoms with van der Waals surface area (Å²) in [4.78, 5) is 13.4. The minimum atomic E-state index is 0.270. The molecule has 0 atom stereocenters. The van der Waals surface area contributed by atoms with Gasteiger partial charge in [-0.3, -0.25) is 0 Å². The molecule has 2 heterocycles. The molecule has 8 heteroatoms. The number of anilines is 1. The van der Waals surface area contributed by atoms with E-state index >= 15 is 0 Å². The Labute approximate surface area is 133 Å². The zero-order valence-corrected chi connectivity index (χ0v) is 13.1. The number of nitrogens with two attached hydrogens (primary N) is 1. The maximum absolute atomic E-state index is 5.73. The van der Waals surface area contributed by atoms with Gasteiger partial charge in [0, 0.05) is 21.8 Å². The normalized spacial score (nSPS) is 10.7. The minimum Gasteiger partial charge on any atom is -0.382 e. The van der Waals surface area contributed by atoms with E-state index in [1.54, 1.807) is 11.8 Å². The third-order valence-electron chi connectivity index (χ3n) is 2.59. The van der Waals surface area contributed by atoms with Crippen LogP contribution in [0.25, 0.3) is 11.6 Å². The molecular weight excluding hydrogens is 354 g/mol. The van der Waals surface area contributed by atoms with Crippen LogP contribution in [0.1, 0.15) is 5.82 Å². The zero-order valence-electron chi connectivity index (χ0n) is 10.7. The first-order chi connectivity index (χ1) is 10.2. The molecule has 1 aromatic carbocycles. The van der Waals surface area contributed by atoms with Gasteiger partial charge in [0.05, 0.1) is 5.75 Å². The molecule has 0 saturated carbocycles. The molecule has 0 aliphatic carbocycles. The first kappa shape index (κ1) is 14.0. The second-order valence-corrected chi connectivity index (χ2v) is 5.90. The minimum absolute atomic E-state index is 0.270. The summed E-state index contributed by atoms with van der Waals surface area (Å²) in [5, 5.41) is 3.93. The molecule has 106 valence electrons. The van der Waals surface area contributed by atoms with E-state index in [1.807, 2.05) is 24.3 Å². The second-order valence-electron chi connectivity index (χ2n) is 4.03. The van der Waals surface area contributed by atoms with E-state index < -0.39 is 0 Å². The maximum Gasteiger partial charge on any atom is 0.280 e. The predicted octanol–water partition coefficient (Wildman–Crippen LogP) is 3.16. The first-order valence-corrected chi connectivity index (χ1v) is 7.78. The molecule has 3 rings (SSSR count). The molecule has 6 nitrogen and oxygen atoms in total. The third kappa shape index (κ3) is 3.22. The van der Waals surface area contributed by atoms with E-state index in [1.165, 1.54) is 12.4 Å². The summed E-state index contributed by atoms with van der Waals surface area (Å²) < 4.78 is 6.22. The second kappa shape index (κ2) is 6.23. The van der Waals surface area contributed by atoms with Crippen molar-refractivity contribution >= 4 is 33.5 Å². The quantitative estimate of drug-likeness (QED) is 0.711. The molecule has 2 aromatic heterocycles. The molecule has 21 heavy (non-hydrogen) atoms. The third-order valence-corrected chi connectivity index (χ3v) is 4.61. The van der Waals surface area contributed by atoms with Gasteiger partial charge >= 0.3 is 0 Å². The molecule has 0 spiro atoms. The van der Waals surface area contributed by atoms with Crippen LogP contribution < -0.4 is 5.73 Å². The van der Waals surface area contributed by atoms with E-state index in [4.69, 9.17) is 10.3 Å². The van der Waals surface area contributed by atoms with Crippen LogP contribution in [-0.4, -0.2) is 20.1 Å². The smallest absolute Gasteiger partial charge is 0.280 e. The predicted molar refractivity (Wildman–Crippen MR) is 83.4 cm³/mol. The van der Waals surface area contributed by atoms with Gasteiger partial charge in [-0.05, 0) is 28.1 Å². The van der Waals surface area contributed by atoms with Gasteiger partial charge in [-0.1, -0.05) is 17.3 Å². The lowest BCUT2D eigenvalue weighted by molar-refractivity contribution is 0.424. The summed E-state index contributed by atoms with van der Waals surface area (Å²) in [5.41, 5.74) is 6.14. The number of hydrogen-bond donors (Lipinski definition) is 1. The van der Waals surface area contributed by atoms with Crippen LogP contribution in [0.2, 0.25) is 0 Å². The van der Waals surface area contributed by atoms with Gasteiger partial charge in [-0.2, -0.15) is 4.98 Å². The highest BCUT2D eigenvalue weighted by molar-refractivity contribution is 9.10. The van der Waals surface area contributed by atoms with Gasteiger partial charge in [0.25, 0.3) is 5.89 Å². The Balaban J connectivity index is 1.74. The standard InChI is InChI=1S/C13H10BrN5OS/c14-8-3-1-2-4-9(8)21-7-10-18-13(20-19-10)11-12(15)17-6-5-16-11/h1-6H,7H2,(H2,15,17). The molecule has 0 aliphatic heterocycles. The van der Waals surface area contributed by atoms with Crippen molar-refractivity contribution in [2.24, 2.45) is 0 Å². The molecule has 2 N–H and O–H groups in total. The zero-order chi connectivity index (χ0) is 14.7. The van der Waals surface area contributed by atoms with Crippen LogP contribution in [0.15, 0.2) is 50.6 Å². The summed E-state index contributed by atoms with van der Waals surface area (Å²) in [6.45, 7) is 0. The van der Waals surface area contributed by atoms with Gasteiger partial charge in [-0.25, -0.2) is 9.97 Å². The molecule has 0 saturated heterocycles. The Hall–Kier alpha value is -1.93. The Morgan fingerprint density at radius 2 is 2.00 bits per heavy atom. The highest BCUT2D eigenvalue weighted by atomic mass is 79.9. The highest BCUT2D eigenvalue weighted by Gasteiger charge is 2.14. The van der Waals surface area contributed by atoms with E-state index in [9.17, 15) is 0 Å². The fourth-order valence-corrected chi connectivity index (χ4v) is 3.04. The lowest BCUT2D eigenvalue weighted by atomic mass is 10.4. The van der Waals surface area contributed by atoms with Crippen molar-refractivity contribution in [3.8, 4) is 11.6 Å². The van der Waals surface area contributed by atoms with Crippen molar-refractivity contribution in [2.45, 2.75) is 10.6 Å². The van der Waals surface area contributed by atoms with Gasteiger partial charge < -0.3 is 10.3 Å². The van der Waals surface area contributed by atoms with E-state index in [2.05, 4.69) is 36.0 Å². The van der Waals surface area contributed by atoms with Crippen LogP contribution >= 0.6 is 27.7 Å². The lowest BCUT2D eigenvalue weighted by Crippen LogP contribution is -1.96. The lowest BCUT2D eigenvalue weighted by Gasteiger charge is -2.00. The topological polar surface area (TPSA) is 90.7 Å². The number of halogens is 1. The molecule has 0 bridgehead atoms. The first-order valence-electron chi connectivity index (χ1n) is 6.01. The van der Waals surface area contributed by atoms with E-state index in [0.717, 1.165) is 9.37 Å². The Morgan fingerprint density at radius 3 is 2.81 bits per heavy atom. The number of hydrogen-bond acceptors (Lipinski definition) is 7. The van der Waals surface area contributed by atoms with Crippen LogP contribution in [0.5, 0.6) is 0 Å². The van der Waals surface area contributed by atoms with Crippen LogP contribution in [0.3, 0.4) is 0 Å². The monoisotopic (exact) mass is 363 g/mol. The van der Waals surface area contributed by atoms with Crippen LogP contribution in [0.4, 0.5) is 5.82 Å². The number of rotatable bonds is 4. The van der Waals surface area contributed by atoms with Crippen molar-refractivity contribution in [1.29, 1.82) is 0 Å². The fraction of sp³-hybridized carbons (Fsp3) is 0.0769. The number of aromatic nitrogens is 4. The van der Waals surface area contributed by atoms with Gasteiger partial charge in [0.15, 0.2) is 17.3 Å². The molecule has 0 unspecified atom stereocenters. The Kier molecular flexibility index (Phi) is 4.16. The molecule has 0 radical (unpaired) electrons.